The highest BCUT2D eigenvalue weighted by Gasteiger charge is 2.20. The summed E-state index contributed by atoms with van der Waals surface area (Å²) in [5.74, 6) is -0.909. The second-order valence-corrected chi connectivity index (χ2v) is 5.78. The molecule has 0 bridgehead atoms. The van der Waals surface area contributed by atoms with E-state index in [-0.39, 0.29) is 18.5 Å². The van der Waals surface area contributed by atoms with Gasteiger partial charge in [-0.3, -0.25) is 4.79 Å². The third kappa shape index (κ3) is 3.72. The molecule has 6 heteroatoms. The maximum atomic E-state index is 12.3. The highest BCUT2D eigenvalue weighted by atomic mass is 32.1. The van der Waals surface area contributed by atoms with Gasteiger partial charge in [-0.05, 0) is 48.9 Å². The molecule has 0 aliphatic rings. The van der Waals surface area contributed by atoms with Crippen molar-refractivity contribution in [1.82, 2.24) is 4.90 Å². The molecule has 5 nitrogen and oxygen atoms in total. The average Bonchev–Trinajstić information content (AvgIpc) is 2.85. The molecular formula is C15H18N2O3S. The van der Waals surface area contributed by atoms with Crippen molar-refractivity contribution in [2.75, 3.05) is 11.9 Å². The van der Waals surface area contributed by atoms with E-state index < -0.39 is 5.97 Å². The lowest BCUT2D eigenvalue weighted by Gasteiger charge is -2.27. The molecule has 2 aromatic rings. The topological polar surface area (TPSA) is 69.6 Å². The van der Waals surface area contributed by atoms with Crippen molar-refractivity contribution in [2.24, 2.45) is 0 Å². The third-order valence-corrected chi connectivity index (χ3v) is 4.21. The number of rotatable bonds is 5. The summed E-state index contributed by atoms with van der Waals surface area (Å²) in [5, 5.41) is 14.8. The molecular weight excluding hydrogens is 288 g/mol. The number of aliphatic carboxylic acids is 1. The largest absolute Gasteiger partial charge is 0.481 e. The lowest BCUT2D eigenvalue weighted by molar-refractivity contribution is -0.137. The van der Waals surface area contributed by atoms with E-state index >= 15 is 0 Å². The summed E-state index contributed by atoms with van der Waals surface area (Å²) in [4.78, 5) is 24.6. The Labute approximate surface area is 127 Å². The highest BCUT2D eigenvalue weighted by molar-refractivity contribution is 7.17. The molecule has 0 fully saturated rings. The Morgan fingerprint density at radius 1 is 1.38 bits per heavy atom. The summed E-state index contributed by atoms with van der Waals surface area (Å²) in [6, 6.07) is 7.11. The molecule has 0 saturated heterocycles. The molecule has 0 radical (unpaired) electrons. The molecule has 2 rings (SSSR count). The number of hydrogen-bond donors (Lipinski definition) is 2. The van der Waals surface area contributed by atoms with Crippen LogP contribution in [0.1, 0.15) is 20.3 Å². The number of nitrogens with zero attached hydrogens (tertiary/aromatic N) is 1. The number of carboxylic acids is 1. The molecule has 2 N–H and O–H groups in total. The van der Waals surface area contributed by atoms with Crippen LogP contribution in [0.3, 0.4) is 0 Å². The Morgan fingerprint density at radius 2 is 2.14 bits per heavy atom. The Morgan fingerprint density at radius 3 is 2.81 bits per heavy atom. The number of urea groups is 1. The van der Waals surface area contributed by atoms with Crippen molar-refractivity contribution >= 4 is 39.1 Å². The zero-order valence-electron chi connectivity index (χ0n) is 12.0. The predicted molar refractivity (Wildman–Crippen MR) is 84.9 cm³/mol. The van der Waals surface area contributed by atoms with E-state index in [1.165, 1.54) is 9.60 Å². The maximum Gasteiger partial charge on any atom is 0.322 e. The number of carboxylic acid groups (broad SMARTS) is 1. The summed E-state index contributed by atoms with van der Waals surface area (Å²) in [6.45, 7) is 4.03. The van der Waals surface area contributed by atoms with E-state index in [0.29, 0.717) is 12.2 Å². The summed E-state index contributed by atoms with van der Waals surface area (Å²) in [6.07, 6.45) is -0.0647. The first-order valence-electron chi connectivity index (χ1n) is 6.78. The number of anilines is 1. The average molecular weight is 306 g/mol. The molecule has 1 aromatic heterocycles. The zero-order valence-corrected chi connectivity index (χ0v) is 12.8. The molecule has 0 spiro atoms. The van der Waals surface area contributed by atoms with Crippen molar-refractivity contribution in [3.05, 3.63) is 29.6 Å². The van der Waals surface area contributed by atoms with Gasteiger partial charge in [0.15, 0.2) is 0 Å². The van der Waals surface area contributed by atoms with E-state index in [2.05, 4.69) is 5.32 Å². The number of thiophene rings is 1. The fraction of sp³-hybridized carbons (Fsp3) is 0.333. The number of hydrogen-bond acceptors (Lipinski definition) is 3. The second kappa shape index (κ2) is 6.58. The van der Waals surface area contributed by atoms with Crippen molar-refractivity contribution in [1.29, 1.82) is 0 Å². The van der Waals surface area contributed by atoms with Crippen LogP contribution >= 0.6 is 11.3 Å². The van der Waals surface area contributed by atoms with Crippen molar-refractivity contribution in [3.63, 3.8) is 0 Å². The number of carbonyl (C=O) groups is 2. The molecule has 1 heterocycles. The van der Waals surface area contributed by atoms with Crippen LogP contribution in [0, 0.1) is 0 Å². The fourth-order valence-electron chi connectivity index (χ4n) is 2.26. The van der Waals surface area contributed by atoms with Gasteiger partial charge in [0.25, 0.3) is 0 Å². The zero-order chi connectivity index (χ0) is 15.4. The van der Waals surface area contributed by atoms with Crippen LogP contribution in [0.2, 0.25) is 0 Å². The van der Waals surface area contributed by atoms with Gasteiger partial charge in [-0.25, -0.2) is 4.79 Å². The lowest BCUT2D eigenvalue weighted by atomic mass is 10.2. The van der Waals surface area contributed by atoms with Crippen LogP contribution in [0.5, 0.6) is 0 Å². The first-order valence-corrected chi connectivity index (χ1v) is 7.66. The van der Waals surface area contributed by atoms with E-state index in [9.17, 15) is 9.59 Å². The number of fused-ring (bicyclic) bond motifs is 1. The first kappa shape index (κ1) is 15.3. The fourth-order valence-corrected chi connectivity index (χ4v) is 3.03. The van der Waals surface area contributed by atoms with Crippen LogP contribution in [-0.2, 0) is 4.79 Å². The number of carbonyl (C=O) groups excluding carboxylic acids is 1. The summed E-state index contributed by atoms with van der Waals surface area (Å²) in [7, 11) is 0. The molecule has 1 atom stereocenters. The molecule has 0 saturated carbocycles. The summed E-state index contributed by atoms with van der Waals surface area (Å²) >= 11 is 1.65. The SMILES string of the molecule is CCN(C(=O)Nc1ccc2sccc2c1)C(C)CC(=O)O. The van der Waals surface area contributed by atoms with Gasteiger partial charge in [-0.1, -0.05) is 0 Å². The smallest absolute Gasteiger partial charge is 0.322 e. The third-order valence-electron chi connectivity index (χ3n) is 3.31. The van der Waals surface area contributed by atoms with E-state index in [1.807, 2.05) is 36.6 Å². The van der Waals surface area contributed by atoms with Gasteiger partial charge in [0.2, 0.25) is 0 Å². The van der Waals surface area contributed by atoms with Crippen LogP contribution in [0.15, 0.2) is 29.6 Å². The molecule has 1 unspecified atom stereocenters. The van der Waals surface area contributed by atoms with Crippen LogP contribution < -0.4 is 5.32 Å². The Bertz CT molecular complexity index is 653. The molecule has 0 aliphatic heterocycles. The van der Waals surface area contributed by atoms with Gasteiger partial charge in [-0.15, -0.1) is 11.3 Å². The summed E-state index contributed by atoms with van der Waals surface area (Å²) in [5.41, 5.74) is 0.715. The molecule has 112 valence electrons. The molecule has 2 amide bonds. The van der Waals surface area contributed by atoms with E-state index in [0.717, 1.165) is 5.39 Å². The second-order valence-electron chi connectivity index (χ2n) is 4.84. The minimum absolute atomic E-state index is 0.0647. The maximum absolute atomic E-state index is 12.3. The predicted octanol–water partition coefficient (Wildman–Crippen LogP) is 3.62. The highest BCUT2D eigenvalue weighted by Crippen LogP contribution is 2.24. The van der Waals surface area contributed by atoms with Crippen LogP contribution in [0.4, 0.5) is 10.5 Å². The first-order chi connectivity index (χ1) is 10.0. The number of amides is 2. The molecule has 1 aromatic carbocycles. The monoisotopic (exact) mass is 306 g/mol. The quantitative estimate of drug-likeness (QED) is 0.886. The van der Waals surface area contributed by atoms with Crippen LogP contribution in [0.25, 0.3) is 10.1 Å². The van der Waals surface area contributed by atoms with Crippen molar-refractivity contribution in [2.45, 2.75) is 26.3 Å². The van der Waals surface area contributed by atoms with Gasteiger partial charge in [-0.2, -0.15) is 0 Å². The van der Waals surface area contributed by atoms with Crippen molar-refractivity contribution < 1.29 is 14.7 Å². The minimum atomic E-state index is -0.909. The van der Waals surface area contributed by atoms with Crippen molar-refractivity contribution in [3.8, 4) is 0 Å². The van der Waals surface area contributed by atoms with Crippen LogP contribution in [-0.4, -0.2) is 34.6 Å². The standard InChI is InChI=1S/C15H18N2O3S/c1-3-17(10(2)8-14(18)19)15(20)16-12-4-5-13-11(9-12)6-7-21-13/h4-7,9-10H,3,8H2,1-2H3,(H,16,20)(H,18,19). The van der Waals surface area contributed by atoms with Gasteiger partial charge in [0.05, 0.1) is 6.42 Å². The lowest BCUT2D eigenvalue weighted by Crippen LogP contribution is -2.42. The number of benzene rings is 1. The molecule has 0 aliphatic carbocycles. The van der Waals surface area contributed by atoms with E-state index in [4.69, 9.17) is 5.11 Å². The Balaban J connectivity index is 2.09. The van der Waals surface area contributed by atoms with Gasteiger partial charge >= 0.3 is 12.0 Å². The van der Waals surface area contributed by atoms with E-state index in [1.54, 1.807) is 18.3 Å². The molecule has 21 heavy (non-hydrogen) atoms. The number of nitrogens with one attached hydrogen (secondary N) is 1. The Hall–Kier alpha value is -2.08. The van der Waals surface area contributed by atoms with Gasteiger partial charge in [0, 0.05) is 23.0 Å². The summed E-state index contributed by atoms with van der Waals surface area (Å²) < 4.78 is 1.17. The normalized spacial score (nSPS) is 12.1. The van der Waals surface area contributed by atoms with Gasteiger partial charge in [0.1, 0.15) is 0 Å². The van der Waals surface area contributed by atoms with Gasteiger partial charge < -0.3 is 15.3 Å². The minimum Gasteiger partial charge on any atom is -0.481 e. The Kier molecular flexibility index (Phi) is 4.80.